The average molecular weight is 277 g/mol. The Kier molecular flexibility index (Phi) is 4.51. The van der Waals surface area contributed by atoms with E-state index in [1.54, 1.807) is 10.9 Å². The minimum Gasteiger partial charge on any atom is -0.308 e. The molecule has 2 aromatic heterocycles. The van der Waals surface area contributed by atoms with Gasteiger partial charge in [0.1, 0.15) is 5.82 Å². The van der Waals surface area contributed by atoms with Gasteiger partial charge in [-0.15, -0.1) is 0 Å². The molecule has 7 heteroatoms. The highest BCUT2D eigenvalue weighted by Crippen LogP contribution is 2.19. The summed E-state index contributed by atoms with van der Waals surface area (Å²) in [6.45, 7) is 8.27. The molecule has 2 rings (SSSR count). The second-order valence-electron chi connectivity index (χ2n) is 5.20. The van der Waals surface area contributed by atoms with Crippen LogP contribution < -0.4 is 11.3 Å². The first-order chi connectivity index (χ1) is 9.56. The Hall–Kier alpha value is -1.73. The van der Waals surface area contributed by atoms with Crippen molar-refractivity contribution < 1.29 is 0 Å². The maximum Gasteiger partial charge on any atom is 0.163 e. The molecule has 0 aliphatic rings. The van der Waals surface area contributed by atoms with Gasteiger partial charge in [-0.3, -0.25) is 9.58 Å². The Balaban J connectivity index is 2.36. The van der Waals surface area contributed by atoms with E-state index in [4.69, 9.17) is 5.84 Å². The quantitative estimate of drug-likeness (QED) is 0.611. The van der Waals surface area contributed by atoms with E-state index in [-0.39, 0.29) is 0 Å². The maximum atomic E-state index is 5.55. The first kappa shape index (κ1) is 14.7. The van der Waals surface area contributed by atoms with Crippen molar-refractivity contribution in [1.29, 1.82) is 0 Å². The second kappa shape index (κ2) is 6.15. The number of anilines is 1. The van der Waals surface area contributed by atoms with Crippen LogP contribution in [0.5, 0.6) is 0 Å². The van der Waals surface area contributed by atoms with E-state index >= 15 is 0 Å². The summed E-state index contributed by atoms with van der Waals surface area (Å²) in [6, 6.07) is 0.454. The topological polar surface area (TPSA) is 84.9 Å². The van der Waals surface area contributed by atoms with E-state index in [0.717, 1.165) is 29.8 Å². The van der Waals surface area contributed by atoms with Gasteiger partial charge in [-0.05, 0) is 26.8 Å². The molecule has 0 spiro atoms. The number of hydrogen-bond acceptors (Lipinski definition) is 6. The molecule has 0 aliphatic heterocycles. The van der Waals surface area contributed by atoms with Gasteiger partial charge in [0.2, 0.25) is 0 Å². The molecule has 0 radical (unpaired) electrons. The summed E-state index contributed by atoms with van der Waals surface area (Å²) in [7, 11) is 1.87. The summed E-state index contributed by atoms with van der Waals surface area (Å²) < 4.78 is 1.74. The molecular formula is C13H23N7. The molecule has 20 heavy (non-hydrogen) atoms. The fourth-order valence-electron chi connectivity index (χ4n) is 2.24. The average Bonchev–Trinajstić information content (AvgIpc) is 2.79. The Morgan fingerprint density at radius 3 is 2.75 bits per heavy atom. The SMILES string of the molecule is CCCN(Cc1nc(NN)c2cnn(C)c2n1)C(C)C. The van der Waals surface area contributed by atoms with Crippen LogP contribution >= 0.6 is 0 Å². The highest BCUT2D eigenvalue weighted by molar-refractivity contribution is 5.86. The number of nitrogen functional groups attached to an aromatic ring is 1. The Morgan fingerprint density at radius 1 is 1.40 bits per heavy atom. The molecule has 0 saturated carbocycles. The van der Waals surface area contributed by atoms with E-state index in [0.29, 0.717) is 18.4 Å². The number of aryl methyl sites for hydroxylation is 1. The predicted molar refractivity (Wildman–Crippen MR) is 80.0 cm³/mol. The molecular weight excluding hydrogens is 254 g/mol. The van der Waals surface area contributed by atoms with Crippen LogP contribution in [0.2, 0.25) is 0 Å². The van der Waals surface area contributed by atoms with Crippen molar-refractivity contribution in [2.45, 2.75) is 39.8 Å². The summed E-state index contributed by atoms with van der Waals surface area (Å²) in [5.41, 5.74) is 3.43. The normalized spacial score (nSPS) is 11.8. The van der Waals surface area contributed by atoms with Crippen molar-refractivity contribution in [2.24, 2.45) is 12.9 Å². The first-order valence-corrected chi connectivity index (χ1v) is 6.96. The largest absolute Gasteiger partial charge is 0.308 e. The molecule has 0 aliphatic carbocycles. The van der Waals surface area contributed by atoms with Crippen LogP contribution in [0, 0.1) is 0 Å². The lowest BCUT2D eigenvalue weighted by Gasteiger charge is -2.25. The standard InChI is InChI=1S/C13H23N7/c1-5-6-20(9(2)3)8-11-16-12(18-14)10-7-15-19(4)13(10)17-11/h7,9H,5-6,8,14H2,1-4H3,(H,16,17,18). The summed E-state index contributed by atoms with van der Waals surface area (Å²) in [4.78, 5) is 11.4. The Bertz CT molecular complexity index is 575. The minimum absolute atomic E-state index is 0.454. The summed E-state index contributed by atoms with van der Waals surface area (Å²) in [5.74, 6) is 6.94. The van der Waals surface area contributed by atoms with Gasteiger partial charge in [0.25, 0.3) is 0 Å². The van der Waals surface area contributed by atoms with E-state index in [9.17, 15) is 0 Å². The number of aromatic nitrogens is 4. The van der Waals surface area contributed by atoms with Gasteiger partial charge in [-0.25, -0.2) is 15.8 Å². The summed E-state index contributed by atoms with van der Waals surface area (Å²) >= 11 is 0. The molecule has 3 N–H and O–H groups in total. The highest BCUT2D eigenvalue weighted by atomic mass is 15.3. The molecule has 0 fully saturated rings. The molecule has 2 heterocycles. The van der Waals surface area contributed by atoms with Gasteiger partial charge in [0.05, 0.1) is 18.1 Å². The third kappa shape index (κ3) is 2.88. The van der Waals surface area contributed by atoms with Crippen LogP contribution in [0.3, 0.4) is 0 Å². The van der Waals surface area contributed by atoms with Gasteiger partial charge in [-0.1, -0.05) is 6.92 Å². The third-order valence-electron chi connectivity index (χ3n) is 3.36. The zero-order valence-electron chi connectivity index (χ0n) is 12.6. The number of hydrogen-bond donors (Lipinski definition) is 2. The van der Waals surface area contributed by atoms with Crippen LogP contribution in [-0.4, -0.2) is 37.2 Å². The third-order valence-corrected chi connectivity index (χ3v) is 3.36. The predicted octanol–water partition coefficient (Wildman–Crippen LogP) is 1.27. The lowest BCUT2D eigenvalue weighted by molar-refractivity contribution is 0.208. The zero-order valence-corrected chi connectivity index (χ0v) is 12.6. The van der Waals surface area contributed by atoms with Crippen LogP contribution in [0.15, 0.2) is 6.20 Å². The minimum atomic E-state index is 0.454. The zero-order chi connectivity index (χ0) is 14.7. The van der Waals surface area contributed by atoms with Crippen LogP contribution in [0.1, 0.15) is 33.0 Å². The second-order valence-corrected chi connectivity index (χ2v) is 5.20. The molecule has 7 nitrogen and oxygen atoms in total. The Labute approximate surface area is 119 Å². The van der Waals surface area contributed by atoms with Gasteiger partial charge in [0.15, 0.2) is 11.5 Å². The van der Waals surface area contributed by atoms with Crippen molar-refractivity contribution in [3.8, 4) is 0 Å². The number of fused-ring (bicyclic) bond motifs is 1. The van der Waals surface area contributed by atoms with Crippen LogP contribution in [0.25, 0.3) is 11.0 Å². The van der Waals surface area contributed by atoms with E-state index in [1.165, 1.54) is 0 Å². The fourth-order valence-corrected chi connectivity index (χ4v) is 2.24. The van der Waals surface area contributed by atoms with E-state index in [2.05, 4.69) is 46.2 Å². The molecule has 2 aromatic rings. The molecule has 0 bridgehead atoms. The number of nitrogens with two attached hydrogens (primary N) is 1. The molecule has 0 aromatic carbocycles. The molecule has 110 valence electrons. The van der Waals surface area contributed by atoms with E-state index in [1.807, 2.05) is 7.05 Å². The number of hydrazine groups is 1. The molecule has 0 unspecified atom stereocenters. The summed E-state index contributed by atoms with van der Waals surface area (Å²) in [6.07, 6.45) is 2.83. The van der Waals surface area contributed by atoms with Crippen molar-refractivity contribution in [3.63, 3.8) is 0 Å². The number of rotatable bonds is 6. The molecule has 0 saturated heterocycles. The van der Waals surface area contributed by atoms with Crippen LogP contribution in [0.4, 0.5) is 5.82 Å². The first-order valence-electron chi connectivity index (χ1n) is 6.96. The van der Waals surface area contributed by atoms with Crippen molar-refractivity contribution in [2.75, 3.05) is 12.0 Å². The monoisotopic (exact) mass is 277 g/mol. The van der Waals surface area contributed by atoms with Gasteiger partial charge in [-0.2, -0.15) is 5.10 Å². The highest BCUT2D eigenvalue weighted by Gasteiger charge is 2.15. The fraction of sp³-hybridized carbons (Fsp3) is 0.615. The van der Waals surface area contributed by atoms with E-state index < -0.39 is 0 Å². The smallest absolute Gasteiger partial charge is 0.163 e. The number of nitrogens with one attached hydrogen (secondary N) is 1. The summed E-state index contributed by atoms with van der Waals surface area (Å²) in [5, 5.41) is 5.04. The lowest BCUT2D eigenvalue weighted by atomic mass is 10.3. The Morgan fingerprint density at radius 2 is 2.15 bits per heavy atom. The van der Waals surface area contributed by atoms with Crippen molar-refractivity contribution in [1.82, 2.24) is 24.6 Å². The number of nitrogens with zero attached hydrogens (tertiary/aromatic N) is 5. The van der Waals surface area contributed by atoms with Gasteiger partial charge in [0, 0.05) is 13.1 Å². The van der Waals surface area contributed by atoms with Crippen molar-refractivity contribution >= 4 is 16.9 Å². The van der Waals surface area contributed by atoms with Crippen molar-refractivity contribution in [3.05, 3.63) is 12.0 Å². The van der Waals surface area contributed by atoms with Gasteiger partial charge >= 0.3 is 0 Å². The molecule has 0 atom stereocenters. The van der Waals surface area contributed by atoms with Gasteiger partial charge < -0.3 is 5.43 Å². The maximum absolute atomic E-state index is 5.55. The lowest BCUT2D eigenvalue weighted by Crippen LogP contribution is -2.32. The molecule has 0 amide bonds. The van der Waals surface area contributed by atoms with Crippen LogP contribution in [-0.2, 0) is 13.6 Å².